The highest BCUT2D eigenvalue weighted by atomic mass is 79.9. The number of halogens is 1. The molecule has 0 unspecified atom stereocenters. The Morgan fingerprint density at radius 1 is 1.32 bits per heavy atom. The van der Waals surface area contributed by atoms with Gasteiger partial charge >= 0.3 is 6.09 Å². The van der Waals surface area contributed by atoms with Gasteiger partial charge in [-0.1, -0.05) is 27.6 Å². The second-order valence-electron chi connectivity index (χ2n) is 5.13. The summed E-state index contributed by atoms with van der Waals surface area (Å²) >= 11 is 3.49. The van der Waals surface area contributed by atoms with Gasteiger partial charge in [-0.3, -0.25) is 0 Å². The van der Waals surface area contributed by atoms with Gasteiger partial charge in [0.15, 0.2) is 0 Å². The Hall–Kier alpha value is -1.53. The van der Waals surface area contributed by atoms with Crippen LogP contribution in [-0.2, 0) is 4.74 Å². The standard InChI is InChI=1S/C16H20BrNO4/c1-21-6-7-22-15-10-13(9-14(17)11-15)8-12-2-4-18(5-3-12)16(19)20/h8-11H,2-7H2,1H3,(H,19,20). The number of methoxy groups -OCH3 is 1. The molecule has 1 aromatic rings. The molecule has 1 N–H and O–H groups in total. The van der Waals surface area contributed by atoms with Crippen molar-refractivity contribution in [3.05, 3.63) is 33.8 Å². The summed E-state index contributed by atoms with van der Waals surface area (Å²) in [6.45, 7) is 2.18. The molecule has 6 heteroatoms. The summed E-state index contributed by atoms with van der Waals surface area (Å²) in [6.07, 6.45) is 2.83. The maximum atomic E-state index is 10.9. The Morgan fingerprint density at radius 2 is 2.05 bits per heavy atom. The van der Waals surface area contributed by atoms with Crippen molar-refractivity contribution in [2.24, 2.45) is 0 Å². The smallest absolute Gasteiger partial charge is 0.407 e. The van der Waals surface area contributed by atoms with E-state index in [2.05, 4.69) is 22.0 Å². The monoisotopic (exact) mass is 369 g/mol. The molecule has 0 radical (unpaired) electrons. The minimum absolute atomic E-state index is 0.510. The Bertz CT molecular complexity index is 549. The Kier molecular flexibility index (Phi) is 6.27. The van der Waals surface area contributed by atoms with Crippen molar-refractivity contribution in [2.45, 2.75) is 12.8 Å². The minimum atomic E-state index is -0.838. The Labute approximate surface area is 138 Å². The molecule has 1 amide bonds. The Morgan fingerprint density at radius 3 is 2.68 bits per heavy atom. The third kappa shape index (κ3) is 5.03. The van der Waals surface area contributed by atoms with Crippen molar-refractivity contribution in [3.63, 3.8) is 0 Å². The average molecular weight is 370 g/mol. The highest BCUT2D eigenvalue weighted by Gasteiger charge is 2.17. The van der Waals surface area contributed by atoms with Gasteiger partial charge in [0.1, 0.15) is 12.4 Å². The number of carboxylic acid groups (broad SMARTS) is 1. The first-order chi connectivity index (χ1) is 10.6. The molecule has 1 heterocycles. The van der Waals surface area contributed by atoms with Crippen LogP contribution in [0.2, 0.25) is 0 Å². The van der Waals surface area contributed by atoms with Crippen molar-refractivity contribution in [3.8, 4) is 5.75 Å². The molecule has 0 aliphatic carbocycles. The molecule has 5 nitrogen and oxygen atoms in total. The number of hydrogen-bond acceptors (Lipinski definition) is 3. The summed E-state index contributed by atoms with van der Waals surface area (Å²) in [5, 5.41) is 8.96. The number of amides is 1. The zero-order valence-corrected chi connectivity index (χ0v) is 14.1. The van der Waals surface area contributed by atoms with Gasteiger partial charge in [0.2, 0.25) is 0 Å². The van der Waals surface area contributed by atoms with Crippen LogP contribution in [0.25, 0.3) is 6.08 Å². The van der Waals surface area contributed by atoms with Crippen molar-refractivity contribution in [2.75, 3.05) is 33.4 Å². The first-order valence-electron chi connectivity index (χ1n) is 7.18. The van der Waals surface area contributed by atoms with Gasteiger partial charge < -0.3 is 19.5 Å². The third-order valence-electron chi connectivity index (χ3n) is 3.50. The molecule has 22 heavy (non-hydrogen) atoms. The van der Waals surface area contributed by atoms with Gasteiger partial charge in [0.05, 0.1) is 6.61 Å². The van der Waals surface area contributed by atoms with Gasteiger partial charge in [0, 0.05) is 24.7 Å². The van der Waals surface area contributed by atoms with Crippen LogP contribution >= 0.6 is 15.9 Å². The summed E-state index contributed by atoms with van der Waals surface area (Å²) in [7, 11) is 1.64. The predicted octanol–water partition coefficient (Wildman–Crippen LogP) is 3.63. The third-order valence-corrected chi connectivity index (χ3v) is 3.95. The first-order valence-corrected chi connectivity index (χ1v) is 7.97. The lowest BCUT2D eigenvalue weighted by Crippen LogP contribution is -2.35. The molecule has 1 aromatic carbocycles. The zero-order valence-electron chi connectivity index (χ0n) is 12.5. The number of ether oxygens (including phenoxy) is 2. The maximum Gasteiger partial charge on any atom is 0.407 e. The van der Waals surface area contributed by atoms with E-state index in [1.165, 1.54) is 10.5 Å². The quantitative estimate of drug-likeness (QED) is 0.805. The first kappa shape index (κ1) is 16.8. The molecule has 120 valence electrons. The van der Waals surface area contributed by atoms with Crippen LogP contribution in [-0.4, -0.2) is 49.5 Å². The largest absolute Gasteiger partial charge is 0.491 e. The number of rotatable bonds is 5. The fourth-order valence-electron chi connectivity index (χ4n) is 2.36. The molecule has 2 rings (SSSR count). The van der Waals surface area contributed by atoms with E-state index in [0.29, 0.717) is 26.3 Å². The van der Waals surface area contributed by atoms with Crippen LogP contribution in [0.1, 0.15) is 18.4 Å². The Balaban J connectivity index is 2.03. The lowest BCUT2D eigenvalue weighted by Gasteiger charge is -2.25. The minimum Gasteiger partial charge on any atom is -0.491 e. The fourth-order valence-corrected chi connectivity index (χ4v) is 2.85. The van der Waals surface area contributed by atoms with E-state index in [1.807, 2.05) is 18.2 Å². The van der Waals surface area contributed by atoms with E-state index in [0.717, 1.165) is 28.6 Å². The molecule has 1 aliphatic rings. The summed E-state index contributed by atoms with van der Waals surface area (Å²) in [6, 6.07) is 5.93. The summed E-state index contributed by atoms with van der Waals surface area (Å²) in [5.41, 5.74) is 2.32. The van der Waals surface area contributed by atoms with Gasteiger partial charge in [-0.05, 0) is 36.6 Å². The number of hydrogen-bond donors (Lipinski definition) is 1. The molecule has 0 spiro atoms. The SMILES string of the molecule is COCCOc1cc(Br)cc(C=C2CCN(C(=O)O)CC2)c1. The van der Waals surface area contributed by atoms with E-state index in [1.54, 1.807) is 7.11 Å². The van der Waals surface area contributed by atoms with Crippen LogP contribution in [0.4, 0.5) is 4.79 Å². The molecule has 0 saturated carbocycles. The second-order valence-corrected chi connectivity index (χ2v) is 6.05. The highest BCUT2D eigenvalue weighted by molar-refractivity contribution is 9.10. The highest BCUT2D eigenvalue weighted by Crippen LogP contribution is 2.25. The molecule has 0 bridgehead atoms. The molecule has 1 fully saturated rings. The van der Waals surface area contributed by atoms with E-state index in [9.17, 15) is 4.79 Å². The predicted molar refractivity (Wildman–Crippen MR) is 88.3 cm³/mol. The van der Waals surface area contributed by atoms with Gasteiger partial charge in [0.25, 0.3) is 0 Å². The van der Waals surface area contributed by atoms with Crippen molar-refractivity contribution < 1.29 is 19.4 Å². The van der Waals surface area contributed by atoms with Gasteiger partial charge in [-0.25, -0.2) is 4.79 Å². The second kappa shape index (κ2) is 8.19. The number of carbonyl (C=O) groups is 1. The molecular formula is C16H20BrNO4. The van der Waals surface area contributed by atoms with Crippen molar-refractivity contribution in [1.29, 1.82) is 0 Å². The van der Waals surface area contributed by atoms with Gasteiger partial charge in [-0.2, -0.15) is 0 Å². The summed E-state index contributed by atoms with van der Waals surface area (Å²) < 4.78 is 11.6. The molecule has 0 aromatic heterocycles. The normalized spacial score (nSPS) is 14.8. The van der Waals surface area contributed by atoms with E-state index >= 15 is 0 Å². The zero-order chi connectivity index (χ0) is 15.9. The van der Waals surface area contributed by atoms with Crippen LogP contribution in [0.15, 0.2) is 28.2 Å². The van der Waals surface area contributed by atoms with Crippen molar-refractivity contribution in [1.82, 2.24) is 4.90 Å². The molecule has 1 saturated heterocycles. The summed E-state index contributed by atoms with van der Waals surface area (Å²) in [5.74, 6) is 0.793. The van der Waals surface area contributed by atoms with Crippen LogP contribution < -0.4 is 4.74 Å². The van der Waals surface area contributed by atoms with Crippen molar-refractivity contribution >= 4 is 28.1 Å². The topological polar surface area (TPSA) is 59.0 Å². The number of nitrogens with zero attached hydrogens (tertiary/aromatic N) is 1. The summed E-state index contributed by atoms with van der Waals surface area (Å²) in [4.78, 5) is 12.4. The number of benzene rings is 1. The lowest BCUT2D eigenvalue weighted by atomic mass is 10.0. The van der Waals surface area contributed by atoms with E-state index < -0.39 is 6.09 Å². The lowest BCUT2D eigenvalue weighted by molar-refractivity contribution is 0.142. The van der Waals surface area contributed by atoms with Crippen LogP contribution in [0.5, 0.6) is 5.75 Å². The molecule has 1 aliphatic heterocycles. The van der Waals surface area contributed by atoms with Crippen LogP contribution in [0, 0.1) is 0 Å². The van der Waals surface area contributed by atoms with Gasteiger partial charge in [-0.15, -0.1) is 0 Å². The van der Waals surface area contributed by atoms with E-state index in [4.69, 9.17) is 14.6 Å². The average Bonchev–Trinajstić information content (AvgIpc) is 2.47. The number of likely N-dealkylation sites (tertiary alicyclic amines) is 1. The molecular weight excluding hydrogens is 350 g/mol. The van der Waals surface area contributed by atoms with Crippen LogP contribution in [0.3, 0.4) is 0 Å². The molecule has 0 atom stereocenters. The number of piperidine rings is 1. The maximum absolute atomic E-state index is 10.9. The van der Waals surface area contributed by atoms with E-state index in [-0.39, 0.29) is 0 Å². The fraction of sp³-hybridized carbons (Fsp3) is 0.438.